The quantitative estimate of drug-likeness (QED) is 0.585. The van der Waals surface area contributed by atoms with Crippen LogP contribution in [0, 0.1) is 26.8 Å². The average molecular weight is 199 g/mol. The van der Waals surface area contributed by atoms with Gasteiger partial charge in [0.1, 0.15) is 4.60 Å². The predicted octanol–water partition coefficient (Wildman–Crippen LogP) is 2.57. The number of nitrogens with zero attached hydrogens (tertiary/aromatic N) is 1. The first kappa shape index (κ1) is 7.73. The van der Waals surface area contributed by atoms with Crippen LogP contribution in [0.4, 0.5) is 0 Å². The minimum absolute atomic E-state index is 0.799. The van der Waals surface area contributed by atoms with Gasteiger partial charge in [-0.1, -0.05) is 0 Å². The molecule has 0 bridgehead atoms. The Hall–Kier alpha value is -0.370. The molecule has 0 saturated carbocycles. The summed E-state index contributed by atoms with van der Waals surface area (Å²) in [7, 11) is 0. The molecule has 1 aromatic heterocycles. The lowest BCUT2D eigenvalue weighted by molar-refractivity contribution is 1.09. The summed E-state index contributed by atoms with van der Waals surface area (Å²) in [4.78, 5) is 4.20. The van der Waals surface area contributed by atoms with Gasteiger partial charge in [-0.15, -0.1) is 0 Å². The van der Waals surface area contributed by atoms with E-state index < -0.39 is 0 Å². The molecule has 0 aliphatic rings. The summed E-state index contributed by atoms with van der Waals surface area (Å²) in [6, 6.07) is 3.08. The van der Waals surface area contributed by atoms with Gasteiger partial charge in [-0.2, -0.15) is 0 Å². The molecule has 0 amide bonds. The first-order valence-electron chi connectivity index (χ1n) is 3.14. The van der Waals surface area contributed by atoms with Crippen molar-refractivity contribution in [2.24, 2.45) is 0 Å². The zero-order chi connectivity index (χ0) is 7.72. The van der Waals surface area contributed by atoms with Crippen LogP contribution in [-0.4, -0.2) is 4.98 Å². The molecule has 0 fully saturated rings. The highest BCUT2D eigenvalue weighted by molar-refractivity contribution is 9.10. The van der Waals surface area contributed by atoms with Crippen LogP contribution in [0.3, 0.4) is 0 Å². The molecule has 10 heavy (non-hydrogen) atoms. The lowest BCUT2D eigenvalue weighted by Crippen LogP contribution is -1.90. The van der Waals surface area contributed by atoms with Crippen molar-refractivity contribution in [3.63, 3.8) is 0 Å². The van der Waals surface area contributed by atoms with Gasteiger partial charge in [0.2, 0.25) is 0 Å². The number of hydrogen-bond acceptors (Lipinski definition) is 1. The van der Waals surface area contributed by atoms with Gasteiger partial charge in [-0.25, -0.2) is 4.98 Å². The summed E-state index contributed by atoms with van der Waals surface area (Å²) in [5, 5.41) is 0. The Morgan fingerprint density at radius 1 is 1.30 bits per heavy atom. The van der Waals surface area contributed by atoms with Crippen LogP contribution in [0.2, 0.25) is 0 Å². The van der Waals surface area contributed by atoms with E-state index in [1.807, 2.05) is 13.8 Å². The molecule has 0 aliphatic heterocycles. The summed E-state index contributed by atoms with van der Waals surface area (Å²) in [5.74, 6) is 0. The Morgan fingerprint density at radius 2 is 1.90 bits per heavy atom. The van der Waals surface area contributed by atoms with Crippen molar-refractivity contribution in [2.75, 3.05) is 0 Å². The second-order valence-corrected chi connectivity index (χ2v) is 3.11. The lowest BCUT2D eigenvalue weighted by Gasteiger charge is -2.02. The summed E-state index contributed by atoms with van der Waals surface area (Å²) >= 11 is 3.28. The van der Waals surface area contributed by atoms with E-state index in [0.29, 0.717) is 0 Å². The number of aryl methyl sites for hydroxylation is 2. The largest absolute Gasteiger partial charge is 0.245 e. The Bertz CT molecular complexity index is 232. The molecule has 2 heteroatoms. The third-order valence-corrected chi connectivity index (χ3v) is 2.04. The van der Waals surface area contributed by atoms with Gasteiger partial charge in [0.25, 0.3) is 0 Å². The fourth-order valence-electron chi connectivity index (χ4n) is 0.779. The minimum Gasteiger partial charge on any atom is -0.245 e. The van der Waals surface area contributed by atoms with Gasteiger partial charge in [0.05, 0.1) is 0 Å². The fourth-order valence-corrected chi connectivity index (χ4v) is 1.34. The molecular formula is C8H9BrN. The van der Waals surface area contributed by atoms with E-state index in [1.54, 1.807) is 0 Å². The fraction of sp³-hybridized carbons (Fsp3) is 0.375. The number of hydrogen-bond donors (Lipinski definition) is 0. The molecule has 0 atom stereocenters. The number of halogens is 1. The van der Waals surface area contributed by atoms with Gasteiger partial charge in [0, 0.05) is 11.8 Å². The van der Waals surface area contributed by atoms with Crippen LogP contribution in [-0.2, 0) is 0 Å². The van der Waals surface area contributed by atoms with Gasteiger partial charge in [-0.05, 0) is 47.8 Å². The van der Waals surface area contributed by atoms with Crippen molar-refractivity contribution in [3.8, 4) is 0 Å². The number of rotatable bonds is 0. The second kappa shape index (κ2) is 2.70. The zero-order valence-corrected chi connectivity index (χ0v) is 7.91. The van der Waals surface area contributed by atoms with E-state index in [2.05, 4.69) is 33.9 Å². The van der Waals surface area contributed by atoms with E-state index in [9.17, 15) is 0 Å². The maximum atomic E-state index is 4.20. The van der Waals surface area contributed by atoms with Crippen LogP contribution in [0.5, 0.6) is 0 Å². The van der Waals surface area contributed by atoms with Crippen molar-refractivity contribution >= 4 is 15.9 Å². The SMILES string of the molecule is Cc1[c]c(Br)nc(C)c1C. The number of aromatic nitrogens is 1. The Kier molecular flexibility index (Phi) is 2.09. The standard InChI is InChI=1S/C8H9BrN/c1-5-4-8(9)10-7(3)6(5)2/h1-3H3. The predicted molar refractivity (Wildman–Crippen MR) is 45.0 cm³/mol. The average Bonchev–Trinajstić information content (AvgIpc) is 1.82. The van der Waals surface area contributed by atoms with E-state index in [0.717, 1.165) is 10.3 Å². The molecular weight excluding hydrogens is 190 g/mol. The van der Waals surface area contributed by atoms with Crippen molar-refractivity contribution < 1.29 is 0 Å². The second-order valence-electron chi connectivity index (χ2n) is 2.36. The normalized spacial score (nSPS) is 10.0. The van der Waals surface area contributed by atoms with Crippen molar-refractivity contribution in [2.45, 2.75) is 20.8 Å². The van der Waals surface area contributed by atoms with Gasteiger partial charge in [-0.3, -0.25) is 0 Å². The van der Waals surface area contributed by atoms with Crippen LogP contribution < -0.4 is 0 Å². The molecule has 0 unspecified atom stereocenters. The highest BCUT2D eigenvalue weighted by Crippen LogP contribution is 2.14. The van der Waals surface area contributed by atoms with Gasteiger partial charge >= 0.3 is 0 Å². The van der Waals surface area contributed by atoms with E-state index in [1.165, 1.54) is 11.1 Å². The molecule has 0 saturated heterocycles. The molecule has 1 radical (unpaired) electrons. The Labute approximate surface area is 69.6 Å². The Balaban J connectivity index is 3.31. The molecule has 0 spiro atoms. The van der Waals surface area contributed by atoms with E-state index >= 15 is 0 Å². The third kappa shape index (κ3) is 1.37. The molecule has 1 heterocycles. The summed E-state index contributed by atoms with van der Waals surface area (Å²) < 4.78 is 0.799. The summed E-state index contributed by atoms with van der Waals surface area (Å²) in [6.07, 6.45) is 0. The maximum absolute atomic E-state index is 4.20. The third-order valence-electron chi connectivity index (χ3n) is 1.66. The smallest absolute Gasteiger partial charge is 0.114 e. The molecule has 0 aromatic carbocycles. The first-order chi connectivity index (χ1) is 4.61. The minimum atomic E-state index is 0.799. The van der Waals surface area contributed by atoms with Crippen LogP contribution in [0.15, 0.2) is 4.60 Å². The van der Waals surface area contributed by atoms with Gasteiger partial charge < -0.3 is 0 Å². The van der Waals surface area contributed by atoms with Crippen LogP contribution in [0.25, 0.3) is 0 Å². The Morgan fingerprint density at radius 3 is 2.40 bits per heavy atom. The topological polar surface area (TPSA) is 12.9 Å². The van der Waals surface area contributed by atoms with Crippen molar-refractivity contribution in [1.29, 1.82) is 0 Å². The molecule has 1 rings (SSSR count). The molecule has 0 aliphatic carbocycles. The lowest BCUT2D eigenvalue weighted by atomic mass is 10.1. The zero-order valence-electron chi connectivity index (χ0n) is 6.33. The number of pyridine rings is 1. The summed E-state index contributed by atoms with van der Waals surface area (Å²) in [5.41, 5.74) is 3.46. The van der Waals surface area contributed by atoms with E-state index in [4.69, 9.17) is 0 Å². The van der Waals surface area contributed by atoms with Crippen LogP contribution in [0.1, 0.15) is 16.8 Å². The maximum Gasteiger partial charge on any atom is 0.114 e. The molecule has 1 nitrogen and oxygen atoms in total. The van der Waals surface area contributed by atoms with Crippen LogP contribution >= 0.6 is 15.9 Å². The van der Waals surface area contributed by atoms with Crippen molar-refractivity contribution in [3.05, 3.63) is 27.5 Å². The summed E-state index contributed by atoms with van der Waals surface area (Å²) in [6.45, 7) is 6.09. The molecule has 0 N–H and O–H groups in total. The highest BCUT2D eigenvalue weighted by Gasteiger charge is 1.99. The van der Waals surface area contributed by atoms with Crippen molar-refractivity contribution in [1.82, 2.24) is 4.98 Å². The highest BCUT2D eigenvalue weighted by atomic mass is 79.9. The van der Waals surface area contributed by atoms with E-state index in [-0.39, 0.29) is 0 Å². The first-order valence-corrected chi connectivity index (χ1v) is 3.93. The molecule has 53 valence electrons. The monoisotopic (exact) mass is 198 g/mol. The molecule has 1 aromatic rings. The van der Waals surface area contributed by atoms with Gasteiger partial charge in [0.15, 0.2) is 0 Å².